The van der Waals surface area contributed by atoms with E-state index in [4.69, 9.17) is 4.42 Å². The number of aryl methyl sites for hydroxylation is 1. The van der Waals surface area contributed by atoms with E-state index in [1.54, 1.807) is 0 Å². The Labute approximate surface area is 194 Å². The third-order valence-corrected chi connectivity index (χ3v) is 9.00. The number of sulfonamides is 2. The Morgan fingerprint density at radius 2 is 1.55 bits per heavy atom. The molecule has 10 heteroatoms. The molecule has 0 aliphatic carbocycles. The van der Waals surface area contributed by atoms with Crippen molar-refractivity contribution >= 4 is 20.0 Å². The van der Waals surface area contributed by atoms with Crippen molar-refractivity contribution in [1.82, 2.24) is 14.0 Å². The molecule has 1 saturated heterocycles. The Morgan fingerprint density at radius 1 is 0.909 bits per heavy atom. The molecule has 0 saturated carbocycles. The summed E-state index contributed by atoms with van der Waals surface area (Å²) in [6, 6.07) is 13.1. The molecule has 2 aromatic carbocycles. The molecule has 0 radical (unpaired) electrons. The molecule has 0 unspecified atom stereocenters. The Bertz CT molecular complexity index is 1290. The van der Waals surface area contributed by atoms with E-state index in [0.29, 0.717) is 31.1 Å². The first-order valence-electron chi connectivity index (χ1n) is 10.9. The van der Waals surface area contributed by atoms with Crippen molar-refractivity contribution in [3.63, 3.8) is 0 Å². The number of hydrogen-bond donors (Lipinski definition) is 1. The van der Waals surface area contributed by atoms with Gasteiger partial charge in [0.1, 0.15) is 6.26 Å². The van der Waals surface area contributed by atoms with Gasteiger partial charge in [0.05, 0.1) is 15.5 Å². The number of piperidine rings is 1. The first kappa shape index (κ1) is 23.6. The second-order valence-corrected chi connectivity index (χ2v) is 11.8. The number of benzene rings is 2. The SMILES string of the molecule is Cc1ccc(-c2nc(CCNS(=O)(=O)c3ccc(S(=O)(=O)N4CCCCC4)cc3)co2)cc1. The monoisotopic (exact) mass is 489 g/mol. The zero-order chi connectivity index (χ0) is 23.5. The Kier molecular flexibility index (Phi) is 6.99. The average Bonchev–Trinajstić information content (AvgIpc) is 3.29. The molecule has 3 aromatic rings. The zero-order valence-corrected chi connectivity index (χ0v) is 20.0. The number of oxazole rings is 1. The number of aromatic nitrogens is 1. The highest BCUT2D eigenvalue weighted by Gasteiger charge is 2.26. The van der Waals surface area contributed by atoms with Crippen molar-refractivity contribution < 1.29 is 21.3 Å². The molecule has 1 fully saturated rings. The number of rotatable bonds is 8. The van der Waals surface area contributed by atoms with E-state index >= 15 is 0 Å². The van der Waals surface area contributed by atoms with Crippen LogP contribution in [0.15, 0.2) is 69.0 Å². The molecule has 0 spiro atoms. The van der Waals surface area contributed by atoms with Gasteiger partial charge in [-0.2, -0.15) is 4.31 Å². The minimum Gasteiger partial charge on any atom is -0.444 e. The molecular weight excluding hydrogens is 462 g/mol. The zero-order valence-electron chi connectivity index (χ0n) is 18.4. The number of hydrogen-bond acceptors (Lipinski definition) is 6. The topological polar surface area (TPSA) is 110 Å². The fourth-order valence-electron chi connectivity index (χ4n) is 3.69. The lowest BCUT2D eigenvalue weighted by atomic mass is 10.1. The summed E-state index contributed by atoms with van der Waals surface area (Å²) in [6.45, 7) is 3.13. The summed E-state index contributed by atoms with van der Waals surface area (Å²) in [5.74, 6) is 0.485. The van der Waals surface area contributed by atoms with Crippen molar-refractivity contribution in [2.45, 2.75) is 42.4 Å². The predicted octanol–water partition coefficient (Wildman–Crippen LogP) is 3.35. The van der Waals surface area contributed by atoms with Gasteiger partial charge >= 0.3 is 0 Å². The lowest BCUT2D eigenvalue weighted by Gasteiger charge is -2.25. The molecule has 0 atom stereocenters. The third kappa shape index (κ3) is 5.52. The maximum absolute atomic E-state index is 12.7. The van der Waals surface area contributed by atoms with E-state index < -0.39 is 20.0 Å². The standard InChI is InChI=1S/C23H27N3O5S2/c1-18-5-7-19(8-6-18)23-25-20(17-31-23)13-14-24-32(27,28)21-9-11-22(12-10-21)33(29,30)26-15-3-2-4-16-26/h5-12,17,24H,2-4,13-16H2,1H3. The van der Waals surface area contributed by atoms with Gasteiger partial charge in [0.25, 0.3) is 0 Å². The highest BCUT2D eigenvalue weighted by Crippen LogP contribution is 2.22. The van der Waals surface area contributed by atoms with E-state index in [9.17, 15) is 16.8 Å². The van der Waals surface area contributed by atoms with Crippen LogP contribution in [0.2, 0.25) is 0 Å². The van der Waals surface area contributed by atoms with Gasteiger partial charge in [0.2, 0.25) is 25.9 Å². The van der Waals surface area contributed by atoms with Crippen LogP contribution < -0.4 is 4.72 Å². The molecule has 8 nitrogen and oxygen atoms in total. The van der Waals surface area contributed by atoms with Crippen LogP contribution >= 0.6 is 0 Å². The van der Waals surface area contributed by atoms with Crippen LogP contribution in [0.1, 0.15) is 30.5 Å². The van der Waals surface area contributed by atoms with Gasteiger partial charge in [0, 0.05) is 31.6 Å². The quantitative estimate of drug-likeness (QED) is 0.520. The lowest BCUT2D eigenvalue weighted by molar-refractivity contribution is 0.346. The fourth-order valence-corrected chi connectivity index (χ4v) is 6.24. The van der Waals surface area contributed by atoms with E-state index in [2.05, 4.69) is 9.71 Å². The third-order valence-electron chi connectivity index (χ3n) is 5.61. The highest BCUT2D eigenvalue weighted by molar-refractivity contribution is 7.89. The van der Waals surface area contributed by atoms with Crippen LogP contribution in [0.4, 0.5) is 0 Å². The van der Waals surface area contributed by atoms with E-state index in [0.717, 1.165) is 30.4 Å². The molecule has 1 aliphatic rings. The maximum atomic E-state index is 12.7. The minimum atomic E-state index is -3.78. The smallest absolute Gasteiger partial charge is 0.243 e. The fraction of sp³-hybridized carbons (Fsp3) is 0.348. The molecule has 0 bridgehead atoms. The largest absolute Gasteiger partial charge is 0.444 e. The first-order chi connectivity index (χ1) is 15.8. The van der Waals surface area contributed by atoms with Crippen LogP contribution in [-0.2, 0) is 26.5 Å². The molecule has 176 valence electrons. The summed E-state index contributed by atoms with van der Waals surface area (Å²) in [4.78, 5) is 4.53. The molecular formula is C23H27N3O5S2. The first-order valence-corrected chi connectivity index (χ1v) is 13.8. The lowest BCUT2D eigenvalue weighted by Crippen LogP contribution is -2.35. The highest BCUT2D eigenvalue weighted by atomic mass is 32.2. The van der Waals surface area contributed by atoms with Crippen LogP contribution in [0.25, 0.3) is 11.5 Å². The summed E-state index contributed by atoms with van der Waals surface area (Å²) in [7, 11) is -7.39. The second-order valence-electron chi connectivity index (χ2n) is 8.09. The summed E-state index contributed by atoms with van der Waals surface area (Å²) in [5.41, 5.74) is 2.63. The number of nitrogens with zero attached hydrogens (tertiary/aromatic N) is 2. The van der Waals surface area contributed by atoms with Crippen LogP contribution in [0.3, 0.4) is 0 Å². The van der Waals surface area contributed by atoms with Gasteiger partial charge in [-0.3, -0.25) is 0 Å². The molecule has 1 aromatic heterocycles. The van der Waals surface area contributed by atoms with Crippen LogP contribution in [0, 0.1) is 6.92 Å². The van der Waals surface area contributed by atoms with Crippen LogP contribution in [0.5, 0.6) is 0 Å². The van der Waals surface area contributed by atoms with Gasteiger partial charge < -0.3 is 4.42 Å². The van der Waals surface area contributed by atoms with Gasteiger partial charge in [0.15, 0.2) is 0 Å². The summed E-state index contributed by atoms with van der Waals surface area (Å²) >= 11 is 0. The van der Waals surface area contributed by atoms with Gasteiger partial charge in [-0.15, -0.1) is 0 Å². The molecule has 0 amide bonds. The Morgan fingerprint density at radius 3 is 2.21 bits per heavy atom. The van der Waals surface area contributed by atoms with Crippen molar-refractivity contribution in [1.29, 1.82) is 0 Å². The van der Waals surface area contributed by atoms with E-state index in [-0.39, 0.29) is 16.3 Å². The van der Waals surface area contributed by atoms with E-state index in [1.807, 2.05) is 31.2 Å². The number of nitrogens with one attached hydrogen (secondary N) is 1. The Balaban J connectivity index is 1.36. The Hall–Kier alpha value is -2.53. The summed E-state index contributed by atoms with van der Waals surface area (Å²) < 4.78 is 60.2. The predicted molar refractivity (Wildman–Crippen MR) is 125 cm³/mol. The molecule has 1 aliphatic heterocycles. The average molecular weight is 490 g/mol. The molecule has 4 rings (SSSR count). The van der Waals surface area contributed by atoms with Crippen molar-refractivity contribution in [2.24, 2.45) is 0 Å². The van der Waals surface area contributed by atoms with Crippen LogP contribution in [-0.4, -0.2) is 45.8 Å². The maximum Gasteiger partial charge on any atom is 0.243 e. The molecule has 1 N–H and O–H groups in total. The van der Waals surface area contributed by atoms with Crippen molar-refractivity contribution in [3.05, 3.63) is 66.1 Å². The summed E-state index contributed by atoms with van der Waals surface area (Å²) in [6.07, 6.45) is 4.58. The molecule has 33 heavy (non-hydrogen) atoms. The second kappa shape index (κ2) is 9.76. The van der Waals surface area contributed by atoms with E-state index in [1.165, 1.54) is 34.8 Å². The van der Waals surface area contributed by atoms with Crippen molar-refractivity contribution in [2.75, 3.05) is 19.6 Å². The van der Waals surface area contributed by atoms with Gasteiger partial charge in [-0.25, -0.2) is 26.5 Å². The minimum absolute atomic E-state index is 0.0144. The summed E-state index contributed by atoms with van der Waals surface area (Å²) in [5, 5.41) is 0. The normalized spacial score (nSPS) is 15.5. The molecule has 2 heterocycles. The van der Waals surface area contributed by atoms with Gasteiger partial charge in [-0.1, -0.05) is 24.1 Å². The van der Waals surface area contributed by atoms with Gasteiger partial charge in [-0.05, 0) is 56.2 Å². The van der Waals surface area contributed by atoms with Crippen molar-refractivity contribution in [3.8, 4) is 11.5 Å².